The van der Waals surface area contributed by atoms with Crippen molar-refractivity contribution in [1.82, 2.24) is 0 Å². The van der Waals surface area contributed by atoms with Crippen molar-refractivity contribution in [2.24, 2.45) is 34.8 Å². The second kappa shape index (κ2) is 13.0. The summed E-state index contributed by atoms with van der Waals surface area (Å²) in [5.41, 5.74) is 21.0. The number of hydrogen-bond donors (Lipinski definition) is 6. The van der Waals surface area contributed by atoms with Crippen molar-refractivity contribution >= 4 is 11.8 Å². The van der Waals surface area contributed by atoms with Gasteiger partial charge in [-0.05, 0) is 24.7 Å². The molecule has 0 spiro atoms. The first-order chi connectivity index (χ1) is 11.2. The first-order valence-corrected chi connectivity index (χ1v) is 8.68. The lowest BCUT2D eigenvalue weighted by Crippen LogP contribution is -2.45. The molecule has 0 aliphatic heterocycles. The van der Waals surface area contributed by atoms with Gasteiger partial charge in [-0.1, -0.05) is 53.4 Å². The fourth-order valence-corrected chi connectivity index (χ4v) is 2.91. The molecule has 2 saturated carbocycles. The van der Waals surface area contributed by atoms with E-state index in [9.17, 15) is 9.59 Å². The molecule has 8 nitrogen and oxygen atoms in total. The molecule has 0 aromatic heterocycles. The van der Waals surface area contributed by atoms with Crippen molar-refractivity contribution in [3.63, 3.8) is 0 Å². The van der Waals surface area contributed by atoms with Crippen LogP contribution in [0.3, 0.4) is 0 Å². The van der Waals surface area contributed by atoms with Crippen LogP contribution in [-0.2, 0) is 9.59 Å². The average Bonchev–Trinajstić information content (AvgIpc) is 2.44. The summed E-state index contributed by atoms with van der Waals surface area (Å²) in [5, 5.41) is 18.3. The summed E-state index contributed by atoms with van der Waals surface area (Å²) in [6.07, 6.45) is 6.22. The molecule has 0 unspecified atom stereocenters. The number of nitrogens with two attached hydrogens (primary N) is 4. The number of hydrogen-bond acceptors (Lipinski definition) is 6. The Labute approximate surface area is 157 Å². The molecule has 8 heteroatoms. The van der Waals surface area contributed by atoms with Gasteiger partial charge in [-0.25, -0.2) is 0 Å². The van der Waals surface area contributed by atoms with Crippen molar-refractivity contribution in [1.29, 1.82) is 0 Å². The molecular weight excluding hydrogens is 336 g/mol. The Morgan fingerprint density at radius 3 is 1.19 bits per heavy atom. The van der Waals surface area contributed by atoms with E-state index in [2.05, 4.69) is 0 Å². The van der Waals surface area contributed by atoms with Gasteiger partial charge in [0.05, 0.1) is 0 Å². The highest BCUT2D eigenvalue weighted by molar-refractivity contribution is 5.79. The summed E-state index contributed by atoms with van der Waals surface area (Å²) in [4.78, 5) is 21.0. The van der Waals surface area contributed by atoms with E-state index in [0.29, 0.717) is 24.7 Å². The fourth-order valence-electron chi connectivity index (χ4n) is 2.91. The molecule has 0 saturated heterocycles. The molecule has 10 N–H and O–H groups in total. The van der Waals surface area contributed by atoms with Crippen molar-refractivity contribution in [3.05, 3.63) is 0 Å². The second-order valence-corrected chi connectivity index (χ2v) is 7.09. The van der Waals surface area contributed by atoms with E-state index in [1.165, 1.54) is 38.5 Å². The molecular formula is C18H40N4O4. The molecule has 2 amide bonds. The summed E-state index contributed by atoms with van der Waals surface area (Å²) in [5.74, 6) is -0.258. The Morgan fingerprint density at radius 1 is 0.769 bits per heavy atom. The summed E-state index contributed by atoms with van der Waals surface area (Å²) in [7, 11) is 0. The zero-order valence-electron chi connectivity index (χ0n) is 14.1. The van der Waals surface area contributed by atoms with E-state index >= 15 is 0 Å². The van der Waals surface area contributed by atoms with Crippen LogP contribution < -0.4 is 22.9 Å². The van der Waals surface area contributed by atoms with Gasteiger partial charge in [0, 0.05) is 12.1 Å². The minimum absolute atomic E-state index is 0. The second-order valence-electron chi connectivity index (χ2n) is 7.09. The molecule has 26 heavy (non-hydrogen) atoms. The predicted octanol–water partition coefficient (Wildman–Crippen LogP) is -0.0276. The van der Waals surface area contributed by atoms with Gasteiger partial charge in [0.2, 0.25) is 11.8 Å². The van der Waals surface area contributed by atoms with Crippen LogP contribution in [-0.4, -0.2) is 46.3 Å². The van der Waals surface area contributed by atoms with Gasteiger partial charge in [0.15, 0.2) is 0 Å². The number of carbonyl (C=O) groups is 2. The Balaban J connectivity index is 0. The third-order valence-electron chi connectivity index (χ3n) is 5.05. The third-order valence-corrected chi connectivity index (χ3v) is 5.05. The Bertz CT molecular complexity index is 376. The maximum absolute atomic E-state index is 10.5. The molecule has 0 aromatic rings. The van der Waals surface area contributed by atoms with Crippen LogP contribution in [0.2, 0.25) is 0 Å². The van der Waals surface area contributed by atoms with Crippen molar-refractivity contribution in [2.45, 2.75) is 90.5 Å². The minimum atomic E-state index is -1.18. The van der Waals surface area contributed by atoms with Crippen molar-refractivity contribution < 1.29 is 19.8 Å². The maximum Gasteiger partial charge on any atom is 0.247 e. The molecule has 2 rings (SSSR count). The van der Waals surface area contributed by atoms with Gasteiger partial charge < -0.3 is 33.1 Å². The average molecular weight is 377 g/mol. The highest BCUT2D eigenvalue weighted by atomic mass is 16.3. The lowest BCUT2D eigenvalue weighted by Gasteiger charge is -2.29. The topological polar surface area (TPSA) is 179 Å². The first-order valence-electron chi connectivity index (χ1n) is 8.68. The summed E-state index contributed by atoms with van der Waals surface area (Å²) in [6, 6.07) is -0.958. The van der Waals surface area contributed by atoms with E-state index < -0.39 is 36.1 Å². The SMILES string of the molecule is C.C.NC(=O)[C@H](O)[C@H](N)CC1CCC1.NC(=O)[C@H](O)[C@H](N)CC1CCC1. The van der Waals surface area contributed by atoms with Crippen LogP contribution in [0.4, 0.5) is 0 Å². The van der Waals surface area contributed by atoms with Crippen molar-refractivity contribution in [3.8, 4) is 0 Å². The molecule has 0 radical (unpaired) electrons. The van der Waals surface area contributed by atoms with Gasteiger partial charge in [0.1, 0.15) is 12.2 Å². The van der Waals surface area contributed by atoms with Gasteiger partial charge >= 0.3 is 0 Å². The highest BCUT2D eigenvalue weighted by Gasteiger charge is 2.27. The zero-order valence-corrected chi connectivity index (χ0v) is 14.1. The quantitative estimate of drug-likeness (QED) is 0.346. The van der Waals surface area contributed by atoms with E-state index in [1.54, 1.807) is 0 Å². The van der Waals surface area contributed by atoms with Crippen LogP contribution in [0.15, 0.2) is 0 Å². The number of amides is 2. The number of primary amides is 2. The first kappa shape index (κ1) is 27.0. The van der Waals surface area contributed by atoms with Gasteiger partial charge in [-0.15, -0.1) is 0 Å². The van der Waals surface area contributed by atoms with E-state index in [-0.39, 0.29) is 14.9 Å². The largest absolute Gasteiger partial charge is 0.382 e. The standard InChI is InChI=1S/2C8H16N2O2.2CH4/c2*9-6(7(11)8(10)12)4-5-2-1-3-5;;/h2*5-7,11H,1-4,9H2,(H2,10,12);2*1H4/t2*6-,7-;;/m11../s1. The van der Waals surface area contributed by atoms with Crippen LogP contribution >= 0.6 is 0 Å². The van der Waals surface area contributed by atoms with Crippen LogP contribution in [0.25, 0.3) is 0 Å². The van der Waals surface area contributed by atoms with Gasteiger partial charge in [-0.2, -0.15) is 0 Å². The monoisotopic (exact) mass is 376 g/mol. The third kappa shape index (κ3) is 8.93. The van der Waals surface area contributed by atoms with Crippen LogP contribution in [0.1, 0.15) is 66.2 Å². The molecule has 0 bridgehead atoms. The number of carbonyl (C=O) groups excluding carboxylic acids is 2. The van der Waals surface area contributed by atoms with Gasteiger partial charge in [-0.3, -0.25) is 9.59 Å². The lowest BCUT2D eigenvalue weighted by molar-refractivity contribution is -0.127. The molecule has 2 fully saturated rings. The normalized spacial score (nSPS) is 21.1. The Hall–Kier alpha value is -1.22. The fraction of sp³-hybridized carbons (Fsp3) is 0.889. The maximum atomic E-state index is 10.5. The number of aliphatic hydroxyl groups excluding tert-OH is 2. The smallest absolute Gasteiger partial charge is 0.247 e. The van der Waals surface area contributed by atoms with Crippen molar-refractivity contribution in [2.75, 3.05) is 0 Å². The molecule has 0 heterocycles. The zero-order chi connectivity index (χ0) is 18.3. The summed E-state index contributed by atoms with van der Waals surface area (Å²) < 4.78 is 0. The molecule has 2 aliphatic rings. The Kier molecular flexibility index (Phi) is 13.5. The molecule has 156 valence electrons. The number of aliphatic hydroxyl groups is 2. The Morgan fingerprint density at radius 2 is 1.04 bits per heavy atom. The molecule has 2 aliphatic carbocycles. The van der Waals surface area contributed by atoms with E-state index in [0.717, 1.165) is 0 Å². The lowest BCUT2D eigenvalue weighted by atomic mass is 9.80. The number of rotatable bonds is 8. The molecule has 4 atom stereocenters. The van der Waals surface area contributed by atoms with E-state index in [1.807, 2.05) is 0 Å². The van der Waals surface area contributed by atoms with Crippen LogP contribution in [0.5, 0.6) is 0 Å². The van der Waals surface area contributed by atoms with Gasteiger partial charge in [0.25, 0.3) is 0 Å². The summed E-state index contributed by atoms with van der Waals surface area (Å²) >= 11 is 0. The predicted molar refractivity (Wildman–Crippen MR) is 104 cm³/mol. The van der Waals surface area contributed by atoms with Crippen LogP contribution in [0, 0.1) is 11.8 Å². The molecule has 0 aromatic carbocycles. The summed E-state index contributed by atoms with van der Waals surface area (Å²) in [6.45, 7) is 0. The minimum Gasteiger partial charge on any atom is -0.382 e. The van der Waals surface area contributed by atoms with E-state index in [4.69, 9.17) is 33.1 Å². The highest BCUT2D eigenvalue weighted by Crippen LogP contribution is 2.31.